The average Bonchev–Trinajstić information content (AvgIpc) is 3.23. The van der Waals surface area contributed by atoms with Gasteiger partial charge in [-0.1, -0.05) is 18.2 Å². The van der Waals surface area contributed by atoms with E-state index in [9.17, 15) is 4.79 Å². The molecule has 24 heavy (non-hydrogen) atoms. The van der Waals surface area contributed by atoms with E-state index in [0.29, 0.717) is 13.0 Å². The Hall–Kier alpha value is -2.73. The topological polar surface area (TPSA) is 57.0 Å². The van der Waals surface area contributed by atoms with Crippen LogP contribution >= 0.6 is 11.3 Å². The van der Waals surface area contributed by atoms with Gasteiger partial charge in [0.05, 0.1) is 29.7 Å². The van der Waals surface area contributed by atoms with Crippen LogP contribution < -0.4 is 0 Å². The maximum atomic E-state index is 11.8. The van der Waals surface area contributed by atoms with Gasteiger partial charge in [-0.3, -0.25) is 0 Å². The fourth-order valence-corrected chi connectivity index (χ4v) is 2.93. The number of nitrogens with zero attached hydrogens (tertiary/aromatic N) is 3. The fourth-order valence-electron chi connectivity index (χ4n) is 2.17. The minimum Gasteiger partial charge on any atom is -0.462 e. The van der Waals surface area contributed by atoms with Crippen LogP contribution in [-0.2, 0) is 16.0 Å². The van der Waals surface area contributed by atoms with Crippen LogP contribution in [-0.4, -0.2) is 27.3 Å². The van der Waals surface area contributed by atoms with E-state index < -0.39 is 0 Å². The van der Waals surface area contributed by atoms with Crippen LogP contribution in [0.25, 0.3) is 11.8 Å². The molecule has 3 aromatic rings. The quantitative estimate of drug-likeness (QED) is 0.510. The van der Waals surface area contributed by atoms with Crippen molar-refractivity contribution in [1.82, 2.24) is 14.8 Å². The molecule has 5 nitrogen and oxygen atoms in total. The zero-order valence-electron chi connectivity index (χ0n) is 13.3. The molecule has 0 saturated carbocycles. The van der Waals surface area contributed by atoms with Gasteiger partial charge in [-0.05, 0) is 25.1 Å². The van der Waals surface area contributed by atoms with Gasteiger partial charge in [-0.2, -0.15) is 5.10 Å². The molecule has 0 unspecified atom stereocenters. The van der Waals surface area contributed by atoms with E-state index in [1.54, 1.807) is 33.8 Å². The maximum Gasteiger partial charge on any atom is 0.330 e. The van der Waals surface area contributed by atoms with Gasteiger partial charge in [0, 0.05) is 29.1 Å². The van der Waals surface area contributed by atoms with Crippen LogP contribution in [0.3, 0.4) is 0 Å². The fraction of sp³-hybridized carbons (Fsp3) is 0.167. The third kappa shape index (κ3) is 4.17. The van der Waals surface area contributed by atoms with E-state index in [4.69, 9.17) is 4.74 Å². The van der Waals surface area contributed by atoms with Crippen molar-refractivity contribution >= 4 is 23.4 Å². The molecule has 0 radical (unpaired) electrons. The predicted octanol–water partition coefficient (Wildman–Crippen LogP) is 3.44. The predicted molar refractivity (Wildman–Crippen MR) is 94.1 cm³/mol. The van der Waals surface area contributed by atoms with Crippen molar-refractivity contribution in [2.45, 2.75) is 13.3 Å². The molecule has 6 heteroatoms. The van der Waals surface area contributed by atoms with Gasteiger partial charge in [0.1, 0.15) is 0 Å². The Balaban J connectivity index is 1.51. The summed E-state index contributed by atoms with van der Waals surface area (Å²) in [7, 11) is 0. The van der Waals surface area contributed by atoms with E-state index in [-0.39, 0.29) is 5.97 Å². The van der Waals surface area contributed by atoms with Crippen molar-refractivity contribution in [3.8, 4) is 5.69 Å². The van der Waals surface area contributed by atoms with E-state index in [0.717, 1.165) is 21.8 Å². The van der Waals surface area contributed by atoms with Crippen LogP contribution in [0.2, 0.25) is 0 Å². The van der Waals surface area contributed by atoms with Crippen molar-refractivity contribution in [3.05, 3.63) is 70.4 Å². The maximum absolute atomic E-state index is 11.8. The van der Waals surface area contributed by atoms with Crippen molar-refractivity contribution in [3.63, 3.8) is 0 Å². The summed E-state index contributed by atoms with van der Waals surface area (Å²) in [5.74, 6) is -0.357. The Kier molecular flexibility index (Phi) is 5.18. The summed E-state index contributed by atoms with van der Waals surface area (Å²) < 4.78 is 6.97. The number of benzene rings is 1. The molecule has 0 bridgehead atoms. The Morgan fingerprint density at radius 2 is 2.17 bits per heavy atom. The number of carbonyl (C=O) groups is 1. The summed E-state index contributed by atoms with van der Waals surface area (Å²) in [5, 5.41) is 4.28. The summed E-state index contributed by atoms with van der Waals surface area (Å²) in [5.41, 5.74) is 4.62. The van der Waals surface area contributed by atoms with Crippen LogP contribution in [0.4, 0.5) is 0 Å². The van der Waals surface area contributed by atoms with Gasteiger partial charge in [-0.25, -0.2) is 14.5 Å². The molecule has 1 aromatic carbocycles. The Morgan fingerprint density at radius 3 is 2.92 bits per heavy atom. The van der Waals surface area contributed by atoms with Crippen molar-refractivity contribution in [2.24, 2.45) is 0 Å². The highest BCUT2D eigenvalue weighted by Gasteiger charge is 2.04. The highest BCUT2D eigenvalue weighted by atomic mass is 32.1. The molecule has 2 aromatic heterocycles. The first-order valence-electron chi connectivity index (χ1n) is 7.56. The van der Waals surface area contributed by atoms with E-state index >= 15 is 0 Å². The number of aromatic nitrogens is 3. The third-order valence-corrected chi connectivity index (χ3v) is 4.45. The van der Waals surface area contributed by atoms with E-state index in [1.807, 2.05) is 43.5 Å². The second-order valence-corrected chi connectivity index (χ2v) is 6.10. The number of hydrogen-bond acceptors (Lipinski definition) is 5. The zero-order chi connectivity index (χ0) is 16.8. The number of para-hydroxylation sites is 1. The largest absolute Gasteiger partial charge is 0.462 e. The molecular formula is C18H17N3O2S. The van der Waals surface area contributed by atoms with E-state index in [1.165, 1.54) is 6.08 Å². The van der Waals surface area contributed by atoms with Crippen LogP contribution in [0.15, 0.2) is 54.3 Å². The summed E-state index contributed by atoms with van der Waals surface area (Å²) in [6.07, 6.45) is 7.39. The van der Waals surface area contributed by atoms with Gasteiger partial charge < -0.3 is 4.74 Å². The molecule has 0 aliphatic heterocycles. The summed E-state index contributed by atoms with van der Waals surface area (Å²) in [6, 6.07) is 9.80. The lowest BCUT2D eigenvalue weighted by atomic mass is 10.3. The molecule has 122 valence electrons. The van der Waals surface area contributed by atoms with Crippen molar-refractivity contribution in [1.29, 1.82) is 0 Å². The van der Waals surface area contributed by atoms with Crippen molar-refractivity contribution < 1.29 is 9.53 Å². The lowest BCUT2D eigenvalue weighted by Crippen LogP contribution is -2.04. The number of rotatable bonds is 6. The lowest BCUT2D eigenvalue weighted by Gasteiger charge is -2.00. The molecule has 0 spiro atoms. The first-order chi connectivity index (χ1) is 11.7. The zero-order valence-corrected chi connectivity index (χ0v) is 14.1. The molecular weight excluding hydrogens is 322 g/mol. The summed E-state index contributed by atoms with van der Waals surface area (Å²) >= 11 is 1.58. The Morgan fingerprint density at radius 1 is 1.33 bits per heavy atom. The molecule has 0 atom stereocenters. The van der Waals surface area contributed by atoms with Gasteiger partial charge in [0.15, 0.2) is 0 Å². The monoisotopic (exact) mass is 339 g/mol. The standard InChI is InChI=1S/C18H17N3O2S/c1-14-17(24-13-19-14)9-10-23-18(22)8-7-15-11-20-21(12-15)16-5-3-2-4-6-16/h2-8,11-13H,9-10H2,1H3/b8-7+. The molecule has 0 aliphatic carbocycles. The second kappa shape index (κ2) is 7.70. The van der Waals surface area contributed by atoms with Gasteiger partial charge in [-0.15, -0.1) is 11.3 Å². The highest BCUT2D eigenvalue weighted by molar-refractivity contribution is 7.09. The van der Waals surface area contributed by atoms with Crippen molar-refractivity contribution in [2.75, 3.05) is 6.61 Å². The number of hydrogen-bond donors (Lipinski definition) is 0. The minimum atomic E-state index is -0.357. The number of carbonyl (C=O) groups excluding carboxylic acids is 1. The molecule has 0 amide bonds. The number of aryl methyl sites for hydroxylation is 1. The minimum absolute atomic E-state index is 0.357. The highest BCUT2D eigenvalue weighted by Crippen LogP contribution is 2.13. The molecule has 0 fully saturated rings. The summed E-state index contributed by atoms with van der Waals surface area (Å²) in [4.78, 5) is 17.1. The van der Waals surface area contributed by atoms with Gasteiger partial charge in [0.2, 0.25) is 0 Å². The molecule has 3 rings (SSSR count). The molecule has 0 N–H and O–H groups in total. The SMILES string of the molecule is Cc1ncsc1CCOC(=O)/C=C/c1cnn(-c2ccccc2)c1. The normalized spacial score (nSPS) is 11.0. The molecule has 0 aliphatic rings. The van der Waals surface area contributed by atoms with Crippen LogP contribution in [0.5, 0.6) is 0 Å². The second-order valence-electron chi connectivity index (χ2n) is 5.17. The first-order valence-corrected chi connectivity index (χ1v) is 8.44. The van der Waals surface area contributed by atoms with Gasteiger partial charge in [0.25, 0.3) is 0 Å². The van der Waals surface area contributed by atoms with Crippen LogP contribution in [0, 0.1) is 6.92 Å². The third-order valence-electron chi connectivity index (χ3n) is 3.45. The smallest absolute Gasteiger partial charge is 0.330 e. The van der Waals surface area contributed by atoms with Crippen LogP contribution in [0.1, 0.15) is 16.1 Å². The number of esters is 1. The Labute approximate surface area is 144 Å². The number of ether oxygens (including phenoxy) is 1. The van der Waals surface area contributed by atoms with E-state index in [2.05, 4.69) is 10.1 Å². The molecule has 0 saturated heterocycles. The van der Waals surface area contributed by atoms with Gasteiger partial charge >= 0.3 is 5.97 Å². The Bertz CT molecular complexity index is 837. The first kappa shape index (κ1) is 16.1. The summed E-state index contributed by atoms with van der Waals surface area (Å²) in [6.45, 7) is 2.31. The molecule has 2 heterocycles. The average molecular weight is 339 g/mol. The number of thiazole rings is 1. The lowest BCUT2D eigenvalue weighted by molar-refractivity contribution is -0.137.